The van der Waals surface area contributed by atoms with Gasteiger partial charge in [0.25, 0.3) is 5.91 Å². The van der Waals surface area contributed by atoms with Crippen LogP contribution in [-0.2, 0) is 4.79 Å². The van der Waals surface area contributed by atoms with Gasteiger partial charge >= 0.3 is 0 Å². The molecule has 0 aromatic heterocycles. The van der Waals surface area contributed by atoms with E-state index in [1.807, 2.05) is 25.1 Å². The van der Waals surface area contributed by atoms with Crippen LogP contribution in [-0.4, -0.2) is 31.1 Å². The van der Waals surface area contributed by atoms with Gasteiger partial charge in [-0.1, -0.05) is 6.07 Å². The summed E-state index contributed by atoms with van der Waals surface area (Å²) < 4.78 is 5.54. The Morgan fingerprint density at radius 3 is 2.81 bits per heavy atom. The fraction of sp³-hybridized carbons (Fsp3) is 0.562. The molecule has 5 heteroatoms. The van der Waals surface area contributed by atoms with Gasteiger partial charge in [-0.2, -0.15) is 0 Å². The monoisotopic (exact) mass is 312 g/mol. The van der Waals surface area contributed by atoms with Crippen LogP contribution < -0.4 is 15.4 Å². The van der Waals surface area contributed by atoms with Crippen LogP contribution in [0.3, 0.4) is 0 Å². The number of piperidine rings is 1. The van der Waals surface area contributed by atoms with E-state index in [0.29, 0.717) is 6.04 Å². The number of nitrogens with one attached hydrogen (secondary N) is 2. The van der Waals surface area contributed by atoms with Crippen molar-refractivity contribution in [3.8, 4) is 5.75 Å². The van der Waals surface area contributed by atoms with Gasteiger partial charge in [0, 0.05) is 12.1 Å². The van der Waals surface area contributed by atoms with Gasteiger partial charge in [-0.05, 0) is 63.4 Å². The minimum absolute atomic E-state index is 0. The minimum Gasteiger partial charge on any atom is -0.484 e. The zero-order valence-electron chi connectivity index (χ0n) is 12.9. The summed E-state index contributed by atoms with van der Waals surface area (Å²) in [5.74, 6) is 0.712. The first-order valence-corrected chi connectivity index (χ1v) is 7.27. The Balaban J connectivity index is 0.00000220. The lowest BCUT2D eigenvalue weighted by Gasteiger charge is -2.28. The van der Waals surface area contributed by atoms with Crippen molar-refractivity contribution in [2.75, 3.05) is 13.2 Å². The Labute approximate surface area is 133 Å². The lowest BCUT2D eigenvalue weighted by molar-refractivity contribution is -0.124. The number of amides is 1. The van der Waals surface area contributed by atoms with Gasteiger partial charge in [-0.25, -0.2) is 0 Å². The van der Waals surface area contributed by atoms with Gasteiger partial charge in [-0.3, -0.25) is 4.79 Å². The highest BCUT2D eigenvalue weighted by Gasteiger charge is 2.19. The van der Waals surface area contributed by atoms with Gasteiger partial charge in [0.2, 0.25) is 0 Å². The highest BCUT2D eigenvalue weighted by molar-refractivity contribution is 5.85. The fourth-order valence-corrected chi connectivity index (χ4v) is 2.48. The van der Waals surface area contributed by atoms with Crippen LogP contribution in [0.1, 0.15) is 30.9 Å². The topological polar surface area (TPSA) is 50.4 Å². The van der Waals surface area contributed by atoms with Crippen LogP contribution in [0.15, 0.2) is 18.2 Å². The maximum Gasteiger partial charge on any atom is 0.258 e. The molecule has 2 rings (SSSR count). The standard InChI is InChI=1S/C16H24N2O2.ClH/c1-11-4-5-15(8-12(11)2)20-10-16(19)18-14-6-7-17-13(3)9-14;/h4-5,8,13-14,17H,6-7,9-10H2,1-3H3,(H,18,19);1H. The average Bonchev–Trinajstić information content (AvgIpc) is 2.40. The van der Waals surface area contributed by atoms with E-state index in [2.05, 4.69) is 24.5 Å². The second-order valence-corrected chi connectivity index (χ2v) is 5.68. The molecule has 1 aromatic carbocycles. The molecule has 2 atom stereocenters. The summed E-state index contributed by atoms with van der Waals surface area (Å²) in [5.41, 5.74) is 2.40. The number of carbonyl (C=O) groups excluding carboxylic acids is 1. The molecule has 4 nitrogen and oxygen atoms in total. The molecule has 0 saturated carbocycles. The molecule has 0 radical (unpaired) electrons. The number of aryl methyl sites for hydroxylation is 2. The second kappa shape index (κ2) is 8.25. The quantitative estimate of drug-likeness (QED) is 0.897. The van der Waals surface area contributed by atoms with Crippen LogP contribution in [0.4, 0.5) is 0 Å². The minimum atomic E-state index is -0.0395. The molecule has 1 aromatic rings. The van der Waals surface area contributed by atoms with Crippen molar-refractivity contribution in [2.45, 2.75) is 45.7 Å². The molecule has 0 spiro atoms. The fourth-order valence-electron chi connectivity index (χ4n) is 2.48. The summed E-state index contributed by atoms with van der Waals surface area (Å²) in [6.45, 7) is 7.29. The maximum absolute atomic E-state index is 11.9. The van der Waals surface area contributed by atoms with Gasteiger partial charge in [0.05, 0.1) is 0 Å². The summed E-state index contributed by atoms with van der Waals surface area (Å²) in [4.78, 5) is 11.9. The molecule has 0 aliphatic carbocycles. The van der Waals surface area contributed by atoms with Gasteiger partial charge < -0.3 is 15.4 Å². The Bertz CT molecular complexity index is 479. The van der Waals surface area contributed by atoms with Crippen LogP contribution in [0, 0.1) is 13.8 Å². The molecule has 2 N–H and O–H groups in total. The van der Waals surface area contributed by atoms with E-state index in [0.717, 1.165) is 25.1 Å². The van der Waals surface area contributed by atoms with Crippen molar-refractivity contribution in [3.63, 3.8) is 0 Å². The third-order valence-electron chi connectivity index (χ3n) is 3.84. The van der Waals surface area contributed by atoms with Crippen molar-refractivity contribution < 1.29 is 9.53 Å². The first-order valence-electron chi connectivity index (χ1n) is 7.27. The van der Waals surface area contributed by atoms with Crippen LogP contribution >= 0.6 is 12.4 Å². The van der Waals surface area contributed by atoms with E-state index in [-0.39, 0.29) is 31.0 Å². The lowest BCUT2D eigenvalue weighted by Crippen LogP contribution is -2.47. The van der Waals surface area contributed by atoms with E-state index in [4.69, 9.17) is 4.74 Å². The number of hydrogen-bond acceptors (Lipinski definition) is 3. The predicted molar refractivity (Wildman–Crippen MR) is 87.3 cm³/mol. The Hall–Kier alpha value is -1.26. The number of halogens is 1. The molecular weight excluding hydrogens is 288 g/mol. The Morgan fingerprint density at radius 1 is 1.38 bits per heavy atom. The molecule has 1 saturated heterocycles. The zero-order valence-corrected chi connectivity index (χ0v) is 13.8. The molecule has 2 unspecified atom stereocenters. The number of carbonyl (C=O) groups is 1. The van der Waals surface area contributed by atoms with Crippen LogP contribution in [0.2, 0.25) is 0 Å². The van der Waals surface area contributed by atoms with E-state index in [1.165, 1.54) is 11.1 Å². The summed E-state index contributed by atoms with van der Waals surface area (Å²) >= 11 is 0. The molecule has 1 aliphatic heterocycles. The summed E-state index contributed by atoms with van der Waals surface area (Å²) in [6, 6.07) is 6.62. The SMILES string of the molecule is Cc1ccc(OCC(=O)NC2CCNC(C)C2)cc1C.Cl. The van der Waals surface area contributed by atoms with Gasteiger partial charge in [0.15, 0.2) is 6.61 Å². The largest absolute Gasteiger partial charge is 0.484 e. The van der Waals surface area contributed by atoms with Crippen LogP contribution in [0.5, 0.6) is 5.75 Å². The summed E-state index contributed by atoms with van der Waals surface area (Å²) in [5, 5.41) is 6.41. The van der Waals surface area contributed by atoms with E-state index in [9.17, 15) is 4.79 Å². The van der Waals surface area contributed by atoms with Crippen LogP contribution in [0.25, 0.3) is 0 Å². The van der Waals surface area contributed by atoms with Gasteiger partial charge in [0.1, 0.15) is 5.75 Å². The number of hydrogen-bond donors (Lipinski definition) is 2. The van der Waals surface area contributed by atoms with E-state index >= 15 is 0 Å². The molecule has 1 aliphatic rings. The molecular formula is C16H25ClN2O2. The average molecular weight is 313 g/mol. The normalized spacial score (nSPS) is 21.3. The highest BCUT2D eigenvalue weighted by atomic mass is 35.5. The Morgan fingerprint density at radius 2 is 2.14 bits per heavy atom. The summed E-state index contributed by atoms with van der Waals surface area (Å²) in [6.07, 6.45) is 1.97. The lowest BCUT2D eigenvalue weighted by atomic mass is 10.0. The van der Waals surface area contributed by atoms with E-state index in [1.54, 1.807) is 0 Å². The molecule has 21 heavy (non-hydrogen) atoms. The molecule has 1 fully saturated rings. The van der Waals surface area contributed by atoms with Crippen molar-refractivity contribution in [2.24, 2.45) is 0 Å². The Kier molecular flexibility index (Phi) is 6.99. The summed E-state index contributed by atoms with van der Waals surface area (Å²) in [7, 11) is 0. The molecule has 1 amide bonds. The van der Waals surface area contributed by atoms with Crippen molar-refractivity contribution in [1.82, 2.24) is 10.6 Å². The first-order chi connectivity index (χ1) is 9.54. The van der Waals surface area contributed by atoms with Gasteiger partial charge in [-0.15, -0.1) is 12.4 Å². The third kappa shape index (κ3) is 5.56. The number of rotatable bonds is 4. The second-order valence-electron chi connectivity index (χ2n) is 5.68. The van der Waals surface area contributed by atoms with Crippen molar-refractivity contribution in [3.05, 3.63) is 29.3 Å². The molecule has 118 valence electrons. The first kappa shape index (κ1) is 17.8. The smallest absolute Gasteiger partial charge is 0.258 e. The number of benzene rings is 1. The molecule has 1 heterocycles. The molecule has 0 bridgehead atoms. The number of ether oxygens (including phenoxy) is 1. The third-order valence-corrected chi connectivity index (χ3v) is 3.84. The maximum atomic E-state index is 11.9. The predicted octanol–water partition coefficient (Wildman–Crippen LogP) is 2.36. The van der Waals surface area contributed by atoms with Crippen molar-refractivity contribution in [1.29, 1.82) is 0 Å². The van der Waals surface area contributed by atoms with E-state index < -0.39 is 0 Å². The van der Waals surface area contributed by atoms with Crippen molar-refractivity contribution >= 4 is 18.3 Å². The zero-order chi connectivity index (χ0) is 14.5. The highest BCUT2D eigenvalue weighted by Crippen LogP contribution is 2.16.